The monoisotopic (exact) mass is 249 g/mol. The second-order valence-electron chi connectivity index (χ2n) is 4.59. The van der Waals surface area contributed by atoms with E-state index in [9.17, 15) is 4.79 Å². The first-order valence-electron chi connectivity index (χ1n) is 6.26. The second kappa shape index (κ2) is 5.98. The normalized spacial score (nSPS) is 16.9. The van der Waals surface area contributed by atoms with Crippen LogP contribution in [0.25, 0.3) is 0 Å². The highest BCUT2D eigenvalue weighted by molar-refractivity contribution is 5.71. The first kappa shape index (κ1) is 13.1. The Hall–Kier alpha value is -1.39. The highest BCUT2D eigenvalue weighted by atomic mass is 16.5. The van der Waals surface area contributed by atoms with Crippen molar-refractivity contribution in [1.82, 2.24) is 5.32 Å². The maximum absolute atomic E-state index is 11.5. The van der Waals surface area contributed by atoms with Crippen molar-refractivity contribution in [2.45, 2.75) is 25.4 Å². The zero-order valence-corrected chi connectivity index (χ0v) is 10.6. The lowest BCUT2D eigenvalue weighted by molar-refractivity contribution is -0.152. The fraction of sp³-hybridized carbons (Fsp3) is 0.500. The van der Waals surface area contributed by atoms with Gasteiger partial charge < -0.3 is 14.8 Å². The van der Waals surface area contributed by atoms with Crippen LogP contribution in [-0.4, -0.2) is 31.3 Å². The average molecular weight is 249 g/mol. The van der Waals surface area contributed by atoms with E-state index in [0.29, 0.717) is 26.2 Å². The lowest BCUT2D eigenvalue weighted by Gasteiger charge is -2.41. The molecule has 0 saturated carbocycles. The lowest BCUT2D eigenvalue weighted by atomic mass is 9.92. The quantitative estimate of drug-likeness (QED) is 0.776. The number of hydrogen-bond acceptors (Lipinski definition) is 4. The summed E-state index contributed by atoms with van der Waals surface area (Å²) in [5.74, 6) is -0.165. The Morgan fingerprint density at radius 2 is 2.11 bits per heavy atom. The topological polar surface area (TPSA) is 47.6 Å². The first-order valence-corrected chi connectivity index (χ1v) is 6.26. The Balaban J connectivity index is 1.87. The van der Waals surface area contributed by atoms with Crippen LogP contribution in [0.3, 0.4) is 0 Å². The van der Waals surface area contributed by atoms with Crippen molar-refractivity contribution in [3.63, 3.8) is 0 Å². The van der Waals surface area contributed by atoms with Crippen molar-refractivity contribution < 1.29 is 14.3 Å². The van der Waals surface area contributed by atoms with E-state index >= 15 is 0 Å². The SMILES string of the molecule is CCOC(=O)CC1(NCc2ccccc2)COC1. The van der Waals surface area contributed by atoms with E-state index in [2.05, 4.69) is 17.4 Å². The van der Waals surface area contributed by atoms with Crippen molar-refractivity contribution in [3.8, 4) is 0 Å². The summed E-state index contributed by atoms with van der Waals surface area (Å²) in [5, 5.41) is 3.41. The molecular formula is C14H19NO3. The fourth-order valence-corrected chi connectivity index (χ4v) is 1.99. The van der Waals surface area contributed by atoms with E-state index in [1.54, 1.807) is 0 Å². The van der Waals surface area contributed by atoms with E-state index in [1.165, 1.54) is 5.56 Å². The Morgan fingerprint density at radius 1 is 1.39 bits per heavy atom. The van der Waals surface area contributed by atoms with Crippen LogP contribution in [0.2, 0.25) is 0 Å². The molecule has 1 aliphatic rings. The average Bonchev–Trinajstić information content (AvgIpc) is 2.34. The third-order valence-corrected chi connectivity index (χ3v) is 3.06. The lowest BCUT2D eigenvalue weighted by Crippen LogP contribution is -2.61. The molecule has 1 fully saturated rings. The van der Waals surface area contributed by atoms with Gasteiger partial charge in [-0.05, 0) is 12.5 Å². The molecule has 1 saturated heterocycles. The third-order valence-electron chi connectivity index (χ3n) is 3.06. The molecule has 0 unspecified atom stereocenters. The number of benzene rings is 1. The van der Waals surface area contributed by atoms with Gasteiger partial charge >= 0.3 is 5.97 Å². The van der Waals surface area contributed by atoms with Gasteiger partial charge in [0.15, 0.2) is 0 Å². The van der Waals surface area contributed by atoms with Crippen molar-refractivity contribution in [3.05, 3.63) is 35.9 Å². The van der Waals surface area contributed by atoms with Gasteiger partial charge in [-0.2, -0.15) is 0 Å². The molecule has 0 aliphatic carbocycles. The molecule has 1 aromatic rings. The van der Waals surface area contributed by atoms with Crippen LogP contribution in [0.15, 0.2) is 30.3 Å². The van der Waals surface area contributed by atoms with Crippen LogP contribution in [0, 0.1) is 0 Å². The zero-order chi connectivity index (χ0) is 12.8. The van der Waals surface area contributed by atoms with Crippen molar-refractivity contribution in [2.24, 2.45) is 0 Å². The molecule has 2 rings (SSSR count). The van der Waals surface area contributed by atoms with Gasteiger partial charge in [-0.1, -0.05) is 30.3 Å². The first-order chi connectivity index (χ1) is 8.74. The van der Waals surface area contributed by atoms with Crippen molar-refractivity contribution >= 4 is 5.97 Å². The smallest absolute Gasteiger partial charge is 0.307 e. The van der Waals surface area contributed by atoms with E-state index < -0.39 is 0 Å². The molecule has 0 spiro atoms. The van der Waals surface area contributed by atoms with Crippen LogP contribution in [0.4, 0.5) is 0 Å². The van der Waals surface area contributed by atoms with Crippen LogP contribution < -0.4 is 5.32 Å². The van der Waals surface area contributed by atoms with Gasteiger partial charge in [0.05, 0.1) is 31.8 Å². The Kier molecular flexibility index (Phi) is 4.33. The maximum Gasteiger partial charge on any atom is 0.307 e. The van der Waals surface area contributed by atoms with Gasteiger partial charge in [0.25, 0.3) is 0 Å². The van der Waals surface area contributed by atoms with Gasteiger partial charge in [0.2, 0.25) is 0 Å². The summed E-state index contributed by atoms with van der Waals surface area (Å²) in [6, 6.07) is 10.1. The minimum Gasteiger partial charge on any atom is -0.466 e. The molecule has 98 valence electrons. The van der Waals surface area contributed by atoms with Gasteiger partial charge in [-0.15, -0.1) is 0 Å². The van der Waals surface area contributed by atoms with E-state index in [0.717, 1.165) is 6.54 Å². The van der Waals surface area contributed by atoms with Gasteiger partial charge in [-0.25, -0.2) is 0 Å². The number of esters is 1. The molecule has 4 nitrogen and oxygen atoms in total. The largest absolute Gasteiger partial charge is 0.466 e. The predicted molar refractivity (Wildman–Crippen MR) is 68.1 cm³/mol. The molecular weight excluding hydrogens is 230 g/mol. The number of carbonyl (C=O) groups is 1. The molecule has 1 aliphatic heterocycles. The molecule has 0 aromatic heterocycles. The maximum atomic E-state index is 11.5. The molecule has 0 bridgehead atoms. The van der Waals surface area contributed by atoms with E-state index in [1.807, 2.05) is 25.1 Å². The van der Waals surface area contributed by atoms with Crippen LogP contribution in [-0.2, 0) is 20.8 Å². The molecule has 1 aromatic carbocycles. The van der Waals surface area contributed by atoms with Crippen LogP contribution >= 0.6 is 0 Å². The van der Waals surface area contributed by atoms with Crippen molar-refractivity contribution in [2.75, 3.05) is 19.8 Å². The summed E-state index contributed by atoms with van der Waals surface area (Å²) < 4.78 is 10.2. The molecule has 4 heteroatoms. The number of nitrogens with one attached hydrogen (secondary N) is 1. The minimum atomic E-state index is -0.248. The van der Waals surface area contributed by atoms with Crippen molar-refractivity contribution in [1.29, 1.82) is 0 Å². The number of rotatable bonds is 6. The molecule has 1 N–H and O–H groups in total. The standard InChI is InChI=1S/C14H19NO3/c1-2-18-13(16)8-14(10-17-11-14)15-9-12-6-4-3-5-7-12/h3-7,15H,2,8-11H2,1H3. The Labute approximate surface area is 107 Å². The zero-order valence-electron chi connectivity index (χ0n) is 10.6. The molecule has 0 radical (unpaired) electrons. The highest BCUT2D eigenvalue weighted by Crippen LogP contribution is 2.22. The number of ether oxygens (including phenoxy) is 2. The summed E-state index contributed by atoms with van der Waals surface area (Å²) >= 11 is 0. The van der Waals surface area contributed by atoms with E-state index in [-0.39, 0.29) is 11.5 Å². The summed E-state index contributed by atoms with van der Waals surface area (Å²) in [4.78, 5) is 11.5. The molecule has 18 heavy (non-hydrogen) atoms. The van der Waals surface area contributed by atoms with Crippen LogP contribution in [0.1, 0.15) is 18.9 Å². The summed E-state index contributed by atoms with van der Waals surface area (Å²) in [6.45, 7) is 4.12. The molecule has 0 atom stereocenters. The third kappa shape index (κ3) is 3.31. The number of hydrogen-bond donors (Lipinski definition) is 1. The van der Waals surface area contributed by atoms with Crippen LogP contribution in [0.5, 0.6) is 0 Å². The minimum absolute atomic E-state index is 0.165. The molecule has 0 amide bonds. The van der Waals surface area contributed by atoms with Gasteiger partial charge in [0.1, 0.15) is 0 Å². The summed E-state index contributed by atoms with van der Waals surface area (Å²) in [5.41, 5.74) is 0.954. The Bertz CT molecular complexity index is 387. The van der Waals surface area contributed by atoms with Gasteiger partial charge in [-0.3, -0.25) is 4.79 Å². The predicted octanol–water partition coefficient (Wildman–Crippen LogP) is 1.50. The summed E-state index contributed by atoms with van der Waals surface area (Å²) in [6.07, 6.45) is 0.369. The molecule has 1 heterocycles. The fourth-order valence-electron chi connectivity index (χ4n) is 1.99. The van der Waals surface area contributed by atoms with E-state index in [4.69, 9.17) is 9.47 Å². The Morgan fingerprint density at radius 3 is 2.67 bits per heavy atom. The van der Waals surface area contributed by atoms with Gasteiger partial charge in [0, 0.05) is 6.54 Å². The number of carbonyl (C=O) groups excluding carboxylic acids is 1. The second-order valence-corrected chi connectivity index (χ2v) is 4.59. The highest BCUT2D eigenvalue weighted by Gasteiger charge is 2.40. The summed E-state index contributed by atoms with van der Waals surface area (Å²) in [7, 11) is 0.